The molecule has 0 radical (unpaired) electrons. The van der Waals surface area contributed by atoms with Crippen molar-refractivity contribution in [1.82, 2.24) is 10.7 Å². The molecule has 2 aliphatic rings. The summed E-state index contributed by atoms with van der Waals surface area (Å²) in [6.45, 7) is 6.67. The standard InChI is InChI=1S/C14H14ClN3O/c1-7-3-12(19)17-18-14(7)9-4-10-6-16-8(2)13(10)11(15)5-9/h4-5,7,16H,2-3,6H2,1H3,(H,17,19). The van der Waals surface area contributed by atoms with Crippen molar-refractivity contribution in [1.29, 1.82) is 0 Å². The summed E-state index contributed by atoms with van der Waals surface area (Å²) in [5.74, 6) is 0.0546. The van der Waals surface area contributed by atoms with Crippen LogP contribution in [0.15, 0.2) is 23.8 Å². The Balaban J connectivity index is 2.06. The molecule has 5 heteroatoms. The molecule has 4 nitrogen and oxygen atoms in total. The first-order valence-electron chi connectivity index (χ1n) is 6.18. The van der Waals surface area contributed by atoms with E-state index < -0.39 is 0 Å². The van der Waals surface area contributed by atoms with Crippen molar-refractivity contribution in [3.8, 4) is 0 Å². The lowest BCUT2D eigenvalue weighted by molar-refractivity contribution is -0.121. The van der Waals surface area contributed by atoms with Crippen molar-refractivity contribution in [2.45, 2.75) is 19.9 Å². The maximum absolute atomic E-state index is 11.3. The van der Waals surface area contributed by atoms with Gasteiger partial charge in [0.15, 0.2) is 0 Å². The molecule has 3 rings (SSSR count). The van der Waals surface area contributed by atoms with Gasteiger partial charge in [-0.15, -0.1) is 0 Å². The maximum atomic E-state index is 11.3. The van der Waals surface area contributed by atoms with Gasteiger partial charge in [-0.25, -0.2) is 5.43 Å². The van der Waals surface area contributed by atoms with Gasteiger partial charge in [-0.05, 0) is 23.3 Å². The molecule has 0 saturated heterocycles. The number of rotatable bonds is 1. The van der Waals surface area contributed by atoms with Crippen LogP contribution in [-0.2, 0) is 11.3 Å². The normalized spacial score (nSPS) is 21.6. The van der Waals surface area contributed by atoms with E-state index in [2.05, 4.69) is 28.5 Å². The van der Waals surface area contributed by atoms with E-state index in [9.17, 15) is 4.79 Å². The smallest absolute Gasteiger partial charge is 0.240 e. The predicted molar refractivity (Wildman–Crippen MR) is 75.8 cm³/mol. The third-order valence-corrected chi connectivity index (χ3v) is 3.82. The number of carbonyl (C=O) groups excluding carboxylic acids is 1. The Labute approximate surface area is 116 Å². The molecule has 1 unspecified atom stereocenters. The number of halogens is 1. The van der Waals surface area contributed by atoms with Gasteiger partial charge in [0, 0.05) is 30.1 Å². The van der Waals surface area contributed by atoms with Crippen LogP contribution in [0.1, 0.15) is 30.0 Å². The summed E-state index contributed by atoms with van der Waals surface area (Å²) in [4.78, 5) is 11.3. The lowest BCUT2D eigenvalue weighted by atomic mass is 9.92. The van der Waals surface area contributed by atoms with Gasteiger partial charge in [0.25, 0.3) is 0 Å². The number of nitrogens with zero attached hydrogens (tertiary/aromatic N) is 1. The van der Waals surface area contributed by atoms with E-state index in [-0.39, 0.29) is 11.8 Å². The SMILES string of the molecule is C=C1NCc2cc(C3=NNC(=O)CC3C)cc(Cl)c21. The number of hydrazone groups is 1. The lowest BCUT2D eigenvalue weighted by Crippen LogP contribution is -2.32. The van der Waals surface area contributed by atoms with Crippen LogP contribution >= 0.6 is 11.6 Å². The molecule has 1 atom stereocenters. The largest absolute Gasteiger partial charge is 0.381 e. The highest BCUT2D eigenvalue weighted by Gasteiger charge is 2.25. The summed E-state index contributed by atoms with van der Waals surface area (Å²) in [5, 5.41) is 8.02. The van der Waals surface area contributed by atoms with Gasteiger partial charge in [-0.2, -0.15) is 5.10 Å². The zero-order valence-corrected chi connectivity index (χ0v) is 11.3. The summed E-state index contributed by atoms with van der Waals surface area (Å²) in [6, 6.07) is 3.96. The second kappa shape index (κ2) is 4.38. The van der Waals surface area contributed by atoms with Gasteiger partial charge in [-0.3, -0.25) is 4.79 Å². The van der Waals surface area contributed by atoms with Crippen LogP contribution in [0.5, 0.6) is 0 Å². The molecule has 2 aliphatic heterocycles. The van der Waals surface area contributed by atoms with Gasteiger partial charge in [-0.1, -0.05) is 25.1 Å². The van der Waals surface area contributed by atoms with Crippen LogP contribution < -0.4 is 10.7 Å². The highest BCUT2D eigenvalue weighted by atomic mass is 35.5. The zero-order valence-electron chi connectivity index (χ0n) is 10.6. The molecule has 19 heavy (non-hydrogen) atoms. The van der Waals surface area contributed by atoms with Gasteiger partial charge in [0.1, 0.15) is 0 Å². The number of amides is 1. The van der Waals surface area contributed by atoms with Crippen LogP contribution in [0.3, 0.4) is 0 Å². The fraction of sp³-hybridized carbons (Fsp3) is 0.286. The number of nitrogens with one attached hydrogen (secondary N) is 2. The molecular formula is C14H14ClN3O. The number of benzene rings is 1. The highest BCUT2D eigenvalue weighted by Crippen LogP contribution is 2.32. The van der Waals surface area contributed by atoms with E-state index in [0.29, 0.717) is 11.4 Å². The van der Waals surface area contributed by atoms with Crippen LogP contribution in [0, 0.1) is 5.92 Å². The van der Waals surface area contributed by atoms with Crippen LogP contribution in [0.25, 0.3) is 5.70 Å². The molecule has 1 aromatic carbocycles. The van der Waals surface area contributed by atoms with Gasteiger partial charge >= 0.3 is 0 Å². The monoisotopic (exact) mass is 275 g/mol. The lowest BCUT2D eigenvalue weighted by Gasteiger charge is -2.20. The van der Waals surface area contributed by atoms with E-state index in [1.54, 1.807) is 0 Å². The van der Waals surface area contributed by atoms with Crippen LogP contribution in [0.2, 0.25) is 5.02 Å². The van der Waals surface area contributed by atoms with E-state index in [0.717, 1.165) is 34.6 Å². The molecule has 0 saturated carbocycles. The van der Waals surface area contributed by atoms with E-state index in [1.807, 2.05) is 13.0 Å². The van der Waals surface area contributed by atoms with Crippen LogP contribution in [0.4, 0.5) is 0 Å². The molecule has 0 bridgehead atoms. The Morgan fingerprint density at radius 3 is 3.00 bits per heavy atom. The Morgan fingerprint density at radius 1 is 1.47 bits per heavy atom. The zero-order chi connectivity index (χ0) is 13.6. The van der Waals surface area contributed by atoms with Crippen molar-refractivity contribution in [3.63, 3.8) is 0 Å². The van der Waals surface area contributed by atoms with Gasteiger partial charge in [0.2, 0.25) is 5.91 Å². The third-order valence-electron chi connectivity index (χ3n) is 3.52. The fourth-order valence-electron chi connectivity index (χ4n) is 2.58. The molecule has 1 aromatic rings. The maximum Gasteiger partial charge on any atom is 0.240 e. The fourth-order valence-corrected chi connectivity index (χ4v) is 2.93. The van der Waals surface area contributed by atoms with Crippen molar-refractivity contribution in [3.05, 3.63) is 40.4 Å². The molecule has 1 amide bonds. The minimum absolute atomic E-state index is 0.0430. The summed E-state index contributed by atoms with van der Waals surface area (Å²) in [5.41, 5.74) is 7.34. The van der Waals surface area contributed by atoms with Crippen molar-refractivity contribution >= 4 is 28.9 Å². The number of hydrogen-bond donors (Lipinski definition) is 2. The Hall–Kier alpha value is -1.81. The second-order valence-corrected chi connectivity index (χ2v) is 5.37. The average Bonchev–Trinajstić information content (AvgIpc) is 2.71. The predicted octanol–water partition coefficient (Wildman–Crippen LogP) is 2.27. The first kappa shape index (κ1) is 12.2. The minimum atomic E-state index is -0.0430. The molecule has 0 spiro atoms. The van der Waals surface area contributed by atoms with Gasteiger partial charge < -0.3 is 5.32 Å². The first-order valence-corrected chi connectivity index (χ1v) is 6.56. The Bertz CT molecular complexity index is 621. The number of fused-ring (bicyclic) bond motifs is 1. The highest BCUT2D eigenvalue weighted by molar-refractivity contribution is 6.33. The second-order valence-electron chi connectivity index (χ2n) is 4.96. The first-order chi connectivity index (χ1) is 9.06. The average molecular weight is 276 g/mol. The molecule has 2 heterocycles. The summed E-state index contributed by atoms with van der Waals surface area (Å²) in [7, 11) is 0. The molecule has 2 N–H and O–H groups in total. The molecule has 0 aliphatic carbocycles. The summed E-state index contributed by atoms with van der Waals surface area (Å²) < 4.78 is 0. The Morgan fingerprint density at radius 2 is 2.26 bits per heavy atom. The summed E-state index contributed by atoms with van der Waals surface area (Å²) in [6.07, 6.45) is 0.457. The molecule has 0 aromatic heterocycles. The third kappa shape index (κ3) is 2.02. The van der Waals surface area contributed by atoms with E-state index in [4.69, 9.17) is 11.6 Å². The molecular weight excluding hydrogens is 262 g/mol. The minimum Gasteiger partial charge on any atom is -0.381 e. The Kier molecular flexibility index (Phi) is 2.82. The topological polar surface area (TPSA) is 53.5 Å². The molecule has 0 fully saturated rings. The van der Waals surface area contributed by atoms with Gasteiger partial charge in [0.05, 0.1) is 10.7 Å². The summed E-state index contributed by atoms with van der Waals surface area (Å²) >= 11 is 6.32. The van der Waals surface area contributed by atoms with Crippen molar-refractivity contribution < 1.29 is 4.79 Å². The van der Waals surface area contributed by atoms with Crippen molar-refractivity contribution in [2.24, 2.45) is 11.0 Å². The number of hydrogen-bond acceptors (Lipinski definition) is 3. The van der Waals surface area contributed by atoms with Crippen molar-refractivity contribution in [2.75, 3.05) is 0 Å². The number of carbonyl (C=O) groups is 1. The molecule has 98 valence electrons. The van der Waals surface area contributed by atoms with Crippen LogP contribution in [-0.4, -0.2) is 11.6 Å². The van der Waals surface area contributed by atoms with E-state index in [1.165, 1.54) is 0 Å². The quantitative estimate of drug-likeness (QED) is 0.826. The van der Waals surface area contributed by atoms with E-state index >= 15 is 0 Å².